The van der Waals surface area contributed by atoms with Gasteiger partial charge in [0.2, 0.25) is 0 Å². The van der Waals surface area contributed by atoms with Gasteiger partial charge in [0.05, 0.1) is 22.2 Å². The van der Waals surface area contributed by atoms with Crippen molar-refractivity contribution in [2.75, 3.05) is 5.88 Å². The van der Waals surface area contributed by atoms with Gasteiger partial charge in [0.1, 0.15) is 0 Å². The van der Waals surface area contributed by atoms with Gasteiger partial charge in [-0.25, -0.2) is 33.4 Å². The third kappa shape index (κ3) is 8.93. The molecule has 12 heteroatoms. The molecule has 5 aromatic rings. The van der Waals surface area contributed by atoms with Crippen molar-refractivity contribution in [1.29, 1.82) is 0 Å². The molecule has 0 saturated heterocycles. The summed E-state index contributed by atoms with van der Waals surface area (Å²) < 4.78 is 54.7. The summed E-state index contributed by atoms with van der Waals surface area (Å²) in [6.45, 7) is 8.38. The lowest BCUT2D eigenvalue weighted by Crippen LogP contribution is -2.02. The van der Waals surface area contributed by atoms with Crippen LogP contribution in [0.5, 0.6) is 0 Å². The van der Waals surface area contributed by atoms with E-state index < -0.39 is 24.8 Å². The molecule has 0 saturated carbocycles. The molecular weight excluding hydrogens is 562 g/mol. The Balaban J connectivity index is 0.000000164. The molecule has 0 bridgehead atoms. The first-order valence-electron chi connectivity index (χ1n) is 11.1. The lowest BCUT2D eigenvalue weighted by molar-refractivity contribution is 0.571. The second-order valence-electron chi connectivity index (χ2n) is 7.77. The average molecular weight is 584 g/mol. The molecule has 0 N–H and O–H groups in total. The lowest BCUT2D eigenvalue weighted by atomic mass is 10.2. The van der Waals surface area contributed by atoms with Crippen molar-refractivity contribution in [3.05, 3.63) is 121 Å². The first-order valence-corrected chi connectivity index (χ1v) is 15.1. The third-order valence-corrected chi connectivity index (χ3v) is 7.79. The highest BCUT2D eigenvalue weighted by Gasteiger charge is 2.16. The summed E-state index contributed by atoms with van der Waals surface area (Å²) in [4.78, 5) is 10.7. The molecule has 2 aromatic heterocycles. The van der Waals surface area contributed by atoms with Gasteiger partial charge in [-0.2, -0.15) is 0 Å². The largest absolute Gasteiger partial charge is 0.444 e. The fraction of sp³-hybridized carbons (Fsp3) is 0.0741. The Hall–Kier alpha value is -4.24. The van der Waals surface area contributed by atoms with Crippen LogP contribution in [-0.2, 0) is 18.9 Å². The topological polar surface area (TPSA) is 125 Å². The second kappa shape index (κ2) is 13.5. The fourth-order valence-electron chi connectivity index (χ4n) is 3.01. The molecule has 0 radical (unpaired) electrons. The number of aromatic nitrogens is 2. The van der Waals surface area contributed by atoms with E-state index in [-0.39, 0.29) is 9.79 Å². The van der Waals surface area contributed by atoms with E-state index in [0.717, 1.165) is 22.5 Å². The zero-order valence-electron chi connectivity index (χ0n) is 20.5. The average Bonchev–Trinajstić information content (AvgIpc) is 3.65. The number of hydrogen-bond donors (Lipinski definition) is 0. The number of rotatable bonds is 5. The SMILES string of the molecule is O=S(=O)(Cl)c1ccc(-c2cnco2)cc1.[C-]#[N+]CS(=O)(=O)c1ccc(C)cc1.c1ccc(-c2cnco2)cc1. The van der Waals surface area contributed by atoms with Gasteiger partial charge in [-0.1, -0.05) is 48.0 Å². The van der Waals surface area contributed by atoms with Crippen LogP contribution in [0.3, 0.4) is 0 Å². The summed E-state index contributed by atoms with van der Waals surface area (Å²) in [5.74, 6) is 0.912. The van der Waals surface area contributed by atoms with E-state index >= 15 is 0 Å². The first-order chi connectivity index (χ1) is 18.6. The van der Waals surface area contributed by atoms with Crippen LogP contribution in [0, 0.1) is 13.5 Å². The van der Waals surface area contributed by atoms with Gasteiger partial charge < -0.3 is 8.83 Å². The number of aryl methyl sites for hydroxylation is 1. The predicted octanol–water partition coefficient (Wildman–Crippen LogP) is 6.26. The van der Waals surface area contributed by atoms with Crippen LogP contribution in [0.25, 0.3) is 27.5 Å². The molecule has 0 aliphatic heterocycles. The maximum Gasteiger partial charge on any atom is 0.316 e. The number of sulfone groups is 1. The van der Waals surface area contributed by atoms with Crippen molar-refractivity contribution in [1.82, 2.24) is 9.97 Å². The fourth-order valence-corrected chi connectivity index (χ4v) is 4.65. The molecule has 0 aliphatic rings. The van der Waals surface area contributed by atoms with E-state index in [1.165, 1.54) is 37.1 Å². The normalized spacial score (nSPS) is 10.8. The highest BCUT2D eigenvalue weighted by molar-refractivity contribution is 8.13. The van der Waals surface area contributed by atoms with E-state index in [2.05, 4.69) is 14.8 Å². The molecule has 0 amide bonds. The zero-order valence-corrected chi connectivity index (χ0v) is 22.9. The maximum atomic E-state index is 11.3. The van der Waals surface area contributed by atoms with E-state index in [4.69, 9.17) is 26.1 Å². The van der Waals surface area contributed by atoms with Gasteiger partial charge in [-0.05, 0) is 43.3 Å². The van der Waals surface area contributed by atoms with E-state index in [0.29, 0.717) is 5.76 Å². The Morgan fingerprint density at radius 2 is 1.23 bits per heavy atom. The van der Waals surface area contributed by atoms with Crippen LogP contribution in [0.15, 0.2) is 123 Å². The Morgan fingerprint density at radius 3 is 1.67 bits per heavy atom. The molecule has 0 unspecified atom stereocenters. The molecule has 5 rings (SSSR count). The Morgan fingerprint density at radius 1 is 0.744 bits per heavy atom. The summed E-state index contributed by atoms with van der Waals surface area (Å²) >= 11 is 0. The number of nitrogens with zero attached hydrogens (tertiary/aromatic N) is 3. The molecule has 39 heavy (non-hydrogen) atoms. The van der Waals surface area contributed by atoms with Crippen molar-refractivity contribution in [2.24, 2.45) is 0 Å². The quantitative estimate of drug-likeness (QED) is 0.175. The van der Waals surface area contributed by atoms with Crippen LogP contribution in [0.2, 0.25) is 0 Å². The molecule has 2 heterocycles. The molecule has 0 aliphatic carbocycles. The summed E-state index contributed by atoms with van der Waals surface area (Å²) in [7, 11) is -1.87. The number of benzene rings is 3. The summed E-state index contributed by atoms with van der Waals surface area (Å²) in [6, 6.07) is 22.4. The molecule has 0 fully saturated rings. The van der Waals surface area contributed by atoms with Gasteiger partial charge in [-0.15, -0.1) is 0 Å². The highest BCUT2D eigenvalue weighted by Crippen LogP contribution is 2.22. The molecular formula is C27H22ClN3O6S2. The van der Waals surface area contributed by atoms with Gasteiger partial charge >= 0.3 is 5.88 Å². The summed E-state index contributed by atoms with van der Waals surface area (Å²) in [6.07, 6.45) is 5.99. The van der Waals surface area contributed by atoms with Crippen molar-refractivity contribution in [3.63, 3.8) is 0 Å². The molecule has 0 atom stereocenters. The smallest absolute Gasteiger partial charge is 0.316 e. The van der Waals surface area contributed by atoms with Crippen molar-refractivity contribution >= 4 is 29.6 Å². The van der Waals surface area contributed by atoms with Gasteiger partial charge in [0, 0.05) is 21.8 Å². The van der Waals surface area contributed by atoms with Crippen molar-refractivity contribution < 1.29 is 25.7 Å². The zero-order chi connectivity index (χ0) is 28.3. The summed E-state index contributed by atoms with van der Waals surface area (Å²) in [5, 5.41) is 0. The van der Waals surface area contributed by atoms with Gasteiger partial charge in [-0.3, -0.25) is 4.85 Å². The van der Waals surface area contributed by atoms with Crippen LogP contribution >= 0.6 is 10.7 Å². The standard InChI is InChI=1S/C9H6ClNO3S.C9H9NO2S.C9H7NO/c10-15(12,13)8-3-1-7(2-4-8)9-5-11-6-14-9;1-8-3-5-9(6-4-8)13(11,12)7-10-2;1-2-4-8(5-3-1)9-6-10-7-11-9/h1-6H;3-6H,7H2,1H3;1-7H. The minimum absolute atomic E-state index is 0.0624. The van der Waals surface area contributed by atoms with Crippen LogP contribution in [0.1, 0.15) is 5.56 Å². The van der Waals surface area contributed by atoms with Gasteiger partial charge in [0.25, 0.3) is 18.9 Å². The summed E-state index contributed by atoms with van der Waals surface area (Å²) in [5.41, 5.74) is 2.81. The number of oxazole rings is 2. The minimum atomic E-state index is -3.66. The monoisotopic (exact) mass is 583 g/mol. The van der Waals surface area contributed by atoms with Gasteiger partial charge in [0.15, 0.2) is 24.3 Å². The second-order valence-corrected chi connectivity index (χ2v) is 12.3. The highest BCUT2D eigenvalue weighted by atomic mass is 35.7. The Labute approximate surface area is 230 Å². The van der Waals surface area contributed by atoms with Crippen LogP contribution in [0.4, 0.5) is 0 Å². The lowest BCUT2D eigenvalue weighted by Gasteiger charge is -1.97. The van der Waals surface area contributed by atoms with Crippen molar-refractivity contribution in [3.8, 4) is 22.6 Å². The number of halogens is 1. The van der Waals surface area contributed by atoms with E-state index in [9.17, 15) is 16.8 Å². The molecule has 0 spiro atoms. The van der Waals surface area contributed by atoms with Crippen LogP contribution in [-0.4, -0.2) is 32.7 Å². The first kappa shape index (κ1) is 29.3. The predicted molar refractivity (Wildman–Crippen MR) is 147 cm³/mol. The molecule has 3 aromatic carbocycles. The van der Waals surface area contributed by atoms with E-state index in [1.54, 1.807) is 36.7 Å². The maximum absolute atomic E-state index is 11.3. The molecule has 9 nitrogen and oxygen atoms in total. The minimum Gasteiger partial charge on any atom is -0.444 e. The van der Waals surface area contributed by atoms with Crippen molar-refractivity contribution in [2.45, 2.75) is 16.7 Å². The Bertz CT molecular complexity index is 1700. The molecule has 200 valence electrons. The Kier molecular flexibility index (Phi) is 10.2. The number of hydrogen-bond acceptors (Lipinski definition) is 8. The van der Waals surface area contributed by atoms with E-state index in [1.807, 2.05) is 37.3 Å². The third-order valence-electron chi connectivity index (χ3n) is 4.96. The van der Waals surface area contributed by atoms with Crippen LogP contribution < -0.4 is 0 Å².